The zero-order valence-electron chi connectivity index (χ0n) is 6.95. The third-order valence-corrected chi connectivity index (χ3v) is 2.56. The SMILES string of the molecule is COC1CO[C@H]2C(C)CO[C@@H]12. The van der Waals surface area contributed by atoms with Gasteiger partial charge in [-0.05, 0) is 0 Å². The summed E-state index contributed by atoms with van der Waals surface area (Å²) in [5.74, 6) is 0.528. The molecule has 0 aromatic rings. The molecule has 4 atom stereocenters. The standard InChI is InChI=1S/C8H14O3/c1-5-3-10-8-6(9-2)4-11-7(5)8/h5-8H,3-4H2,1-2H3/t5?,6?,7-,8-/m0/s1. The van der Waals surface area contributed by atoms with Crippen LogP contribution in [0.5, 0.6) is 0 Å². The molecule has 0 aliphatic carbocycles. The van der Waals surface area contributed by atoms with Gasteiger partial charge in [-0.1, -0.05) is 6.92 Å². The highest BCUT2D eigenvalue weighted by atomic mass is 16.6. The lowest BCUT2D eigenvalue weighted by molar-refractivity contribution is -0.00878. The molecule has 2 aliphatic heterocycles. The van der Waals surface area contributed by atoms with Crippen molar-refractivity contribution in [2.45, 2.75) is 25.2 Å². The maximum Gasteiger partial charge on any atom is 0.112 e. The van der Waals surface area contributed by atoms with E-state index in [0.29, 0.717) is 12.5 Å². The van der Waals surface area contributed by atoms with Crippen LogP contribution in [0.15, 0.2) is 0 Å². The molecule has 2 saturated heterocycles. The molecule has 3 heteroatoms. The van der Waals surface area contributed by atoms with Crippen molar-refractivity contribution in [3.63, 3.8) is 0 Å². The second-order valence-electron chi connectivity index (χ2n) is 3.35. The van der Waals surface area contributed by atoms with Crippen molar-refractivity contribution in [3.05, 3.63) is 0 Å². The summed E-state index contributed by atoms with van der Waals surface area (Å²) in [7, 11) is 1.71. The number of fused-ring (bicyclic) bond motifs is 1. The minimum absolute atomic E-state index is 0.157. The monoisotopic (exact) mass is 158 g/mol. The van der Waals surface area contributed by atoms with Crippen LogP contribution >= 0.6 is 0 Å². The fourth-order valence-corrected chi connectivity index (χ4v) is 1.86. The Morgan fingerprint density at radius 2 is 1.91 bits per heavy atom. The molecule has 0 aromatic heterocycles. The fourth-order valence-electron chi connectivity index (χ4n) is 1.86. The molecule has 0 saturated carbocycles. The average Bonchev–Trinajstić information content (AvgIpc) is 2.53. The van der Waals surface area contributed by atoms with Crippen molar-refractivity contribution in [2.75, 3.05) is 20.3 Å². The number of rotatable bonds is 1. The van der Waals surface area contributed by atoms with Crippen LogP contribution in [0, 0.1) is 5.92 Å². The van der Waals surface area contributed by atoms with Crippen molar-refractivity contribution >= 4 is 0 Å². The topological polar surface area (TPSA) is 27.7 Å². The Morgan fingerprint density at radius 3 is 2.64 bits per heavy atom. The van der Waals surface area contributed by atoms with E-state index in [-0.39, 0.29) is 18.3 Å². The zero-order chi connectivity index (χ0) is 7.84. The lowest BCUT2D eigenvalue weighted by Gasteiger charge is -2.13. The first-order valence-corrected chi connectivity index (χ1v) is 4.09. The van der Waals surface area contributed by atoms with Gasteiger partial charge in [0.25, 0.3) is 0 Å². The Kier molecular flexibility index (Phi) is 1.87. The van der Waals surface area contributed by atoms with Crippen molar-refractivity contribution in [1.29, 1.82) is 0 Å². The molecule has 2 unspecified atom stereocenters. The molecule has 0 aromatic carbocycles. The normalized spacial score (nSPS) is 49.6. The van der Waals surface area contributed by atoms with E-state index in [2.05, 4.69) is 6.92 Å². The Bertz CT molecular complexity index is 148. The maximum absolute atomic E-state index is 5.54. The van der Waals surface area contributed by atoms with Crippen molar-refractivity contribution in [1.82, 2.24) is 0 Å². The first kappa shape index (κ1) is 7.53. The summed E-state index contributed by atoms with van der Waals surface area (Å²) in [5.41, 5.74) is 0. The summed E-state index contributed by atoms with van der Waals surface area (Å²) in [6, 6.07) is 0. The van der Waals surface area contributed by atoms with Gasteiger partial charge in [-0.3, -0.25) is 0 Å². The van der Waals surface area contributed by atoms with Crippen LogP contribution in [0.2, 0.25) is 0 Å². The molecule has 0 bridgehead atoms. The zero-order valence-corrected chi connectivity index (χ0v) is 6.95. The van der Waals surface area contributed by atoms with Crippen molar-refractivity contribution < 1.29 is 14.2 Å². The van der Waals surface area contributed by atoms with Gasteiger partial charge >= 0.3 is 0 Å². The number of methoxy groups -OCH3 is 1. The van der Waals surface area contributed by atoms with Crippen LogP contribution in [-0.2, 0) is 14.2 Å². The smallest absolute Gasteiger partial charge is 0.112 e. The molecule has 0 amide bonds. The molecule has 2 heterocycles. The van der Waals surface area contributed by atoms with Gasteiger partial charge in [0.15, 0.2) is 0 Å². The van der Waals surface area contributed by atoms with Crippen molar-refractivity contribution in [2.24, 2.45) is 5.92 Å². The van der Waals surface area contributed by atoms with E-state index in [1.165, 1.54) is 0 Å². The third kappa shape index (κ3) is 1.08. The van der Waals surface area contributed by atoms with Crippen LogP contribution in [0.1, 0.15) is 6.92 Å². The molecule has 2 fully saturated rings. The predicted molar refractivity (Wildman–Crippen MR) is 39.4 cm³/mol. The van der Waals surface area contributed by atoms with Gasteiger partial charge in [0, 0.05) is 13.0 Å². The molecule has 3 nitrogen and oxygen atoms in total. The van der Waals surface area contributed by atoms with Gasteiger partial charge in [0.1, 0.15) is 12.2 Å². The van der Waals surface area contributed by atoms with E-state index in [4.69, 9.17) is 14.2 Å². The Hall–Kier alpha value is -0.120. The Labute approximate surface area is 66.6 Å². The van der Waals surface area contributed by atoms with Gasteiger partial charge in [0.05, 0.1) is 19.3 Å². The molecule has 2 rings (SSSR count). The summed E-state index contributed by atoms with van der Waals surface area (Å²) in [6.07, 6.45) is 0.625. The van der Waals surface area contributed by atoms with Crippen LogP contribution in [-0.4, -0.2) is 38.6 Å². The largest absolute Gasteiger partial charge is 0.376 e. The highest BCUT2D eigenvalue weighted by Crippen LogP contribution is 2.31. The quantitative estimate of drug-likeness (QED) is 0.554. The molecule has 64 valence electrons. The van der Waals surface area contributed by atoms with Gasteiger partial charge < -0.3 is 14.2 Å². The molecule has 0 N–H and O–H groups in total. The molecule has 11 heavy (non-hydrogen) atoms. The third-order valence-electron chi connectivity index (χ3n) is 2.56. The van der Waals surface area contributed by atoms with E-state index < -0.39 is 0 Å². The first-order valence-electron chi connectivity index (χ1n) is 4.09. The van der Waals surface area contributed by atoms with E-state index in [1.807, 2.05) is 0 Å². The molecule has 0 spiro atoms. The molecular weight excluding hydrogens is 144 g/mol. The average molecular weight is 158 g/mol. The Morgan fingerprint density at radius 1 is 1.18 bits per heavy atom. The van der Waals surface area contributed by atoms with Gasteiger partial charge in [0.2, 0.25) is 0 Å². The number of hydrogen-bond donors (Lipinski definition) is 0. The summed E-state index contributed by atoms with van der Waals surface area (Å²) < 4.78 is 16.3. The minimum Gasteiger partial charge on any atom is -0.376 e. The fraction of sp³-hybridized carbons (Fsp3) is 1.00. The van der Waals surface area contributed by atoms with Crippen LogP contribution < -0.4 is 0 Å². The van der Waals surface area contributed by atoms with Gasteiger partial charge in [-0.15, -0.1) is 0 Å². The summed E-state index contributed by atoms with van der Waals surface area (Å²) in [5, 5.41) is 0. The van der Waals surface area contributed by atoms with E-state index >= 15 is 0 Å². The molecule has 2 aliphatic rings. The van der Waals surface area contributed by atoms with Crippen LogP contribution in [0.3, 0.4) is 0 Å². The van der Waals surface area contributed by atoms with Gasteiger partial charge in [-0.25, -0.2) is 0 Å². The minimum atomic E-state index is 0.157. The summed E-state index contributed by atoms with van der Waals surface area (Å²) in [6.45, 7) is 3.66. The van der Waals surface area contributed by atoms with Gasteiger partial charge in [-0.2, -0.15) is 0 Å². The maximum atomic E-state index is 5.54. The first-order chi connectivity index (χ1) is 5.33. The predicted octanol–water partition coefficient (Wildman–Crippen LogP) is 0.435. The van der Waals surface area contributed by atoms with E-state index in [0.717, 1.165) is 6.61 Å². The highest BCUT2D eigenvalue weighted by molar-refractivity contribution is 4.92. The number of hydrogen-bond acceptors (Lipinski definition) is 3. The van der Waals surface area contributed by atoms with E-state index in [1.54, 1.807) is 7.11 Å². The summed E-state index contributed by atoms with van der Waals surface area (Å²) in [4.78, 5) is 0. The van der Waals surface area contributed by atoms with Crippen LogP contribution in [0.25, 0.3) is 0 Å². The molecular formula is C8H14O3. The Balaban J connectivity index is 2.04. The van der Waals surface area contributed by atoms with Crippen LogP contribution in [0.4, 0.5) is 0 Å². The highest BCUT2D eigenvalue weighted by Gasteiger charge is 2.45. The van der Waals surface area contributed by atoms with Crippen molar-refractivity contribution in [3.8, 4) is 0 Å². The summed E-state index contributed by atoms with van der Waals surface area (Å²) >= 11 is 0. The number of ether oxygens (including phenoxy) is 3. The van der Waals surface area contributed by atoms with E-state index in [9.17, 15) is 0 Å². The lowest BCUT2D eigenvalue weighted by atomic mass is 10.0. The second-order valence-corrected chi connectivity index (χ2v) is 3.35. The molecule has 0 radical (unpaired) electrons. The second kappa shape index (κ2) is 2.73. The lowest BCUT2D eigenvalue weighted by Crippen LogP contribution is -2.29.